The number of rotatable bonds is 4. The van der Waals surface area contributed by atoms with Crippen molar-refractivity contribution >= 4 is 28.8 Å². The molecule has 1 aromatic carbocycles. The molecule has 6 nitrogen and oxygen atoms in total. The van der Waals surface area contributed by atoms with Gasteiger partial charge in [-0.2, -0.15) is 0 Å². The summed E-state index contributed by atoms with van der Waals surface area (Å²) in [4.78, 5) is 31.3. The number of allylic oxidation sites excluding steroid dienone is 1. The number of thioether (sulfide) groups is 1. The largest absolute Gasteiger partial charge is 0.497 e. The van der Waals surface area contributed by atoms with E-state index in [1.165, 1.54) is 11.8 Å². The van der Waals surface area contributed by atoms with Gasteiger partial charge in [0.2, 0.25) is 5.91 Å². The third-order valence-corrected chi connectivity index (χ3v) is 5.07. The molecular formula is C18H20N2O4S. The Morgan fingerprint density at radius 2 is 2.24 bits per heavy atom. The smallest absolute Gasteiger partial charge is 0.338 e. The molecule has 7 heteroatoms. The summed E-state index contributed by atoms with van der Waals surface area (Å²) in [5.74, 6) is 0.874. The minimum atomic E-state index is -0.554. The second kappa shape index (κ2) is 7.31. The van der Waals surface area contributed by atoms with Gasteiger partial charge in [-0.25, -0.2) is 9.79 Å². The van der Waals surface area contributed by atoms with Crippen LogP contribution in [0.3, 0.4) is 0 Å². The molecule has 0 aliphatic carbocycles. The monoisotopic (exact) mass is 360 g/mol. The molecule has 2 aliphatic heterocycles. The van der Waals surface area contributed by atoms with Crippen LogP contribution in [0, 0.1) is 0 Å². The Hall–Kier alpha value is -2.28. The first kappa shape index (κ1) is 17.5. The first-order valence-electron chi connectivity index (χ1n) is 8.12. The fourth-order valence-electron chi connectivity index (χ4n) is 2.99. The van der Waals surface area contributed by atoms with E-state index in [4.69, 9.17) is 9.47 Å². The normalized spacial score (nSPS) is 20.1. The van der Waals surface area contributed by atoms with Gasteiger partial charge < -0.3 is 9.47 Å². The van der Waals surface area contributed by atoms with Crippen molar-refractivity contribution in [3.63, 3.8) is 0 Å². The number of carbonyl (C=O) groups is 2. The van der Waals surface area contributed by atoms with Crippen LogP contribution >= 0.6 is 11.8 Å². The Labute approximate surface area is 150 Å². The number of methoxy groups -OCH3 is 1. The van der Waals surface area contributed by atoms with Gasteiger partial charge in [0.15, 0.2) is 5.17 Å². The number of hydrogen-bond donors (Lipinski definition) is 0. The highest BCUT2D eigenvalue weighted by molar-refractivity contribution is 8.14. The number of carbonyl (C=O) groups excluding carboxylic acids is 2. The van der Waals surface area contributed by atoms with Gasteiger partial charge in [0.05, 0.1) is 31.0 Å². The quantitative estimate of drug-likeness (QED) is 0.772. The van der Waals surface area contributed by atoms with E-state index in [2.05, 4.69) is 4.99 Å². The van der Waals surface area contributed by atoms with E-state index in [0.717, 1.165) is 5.56 Å². The van der Waals surface area contributed by atoms with Crippen molar-refractivity contribution in [2.24, 2.45) is 4.99 Å². The molecule has 1 saturated heterocycles. The van der Waals surface area contributed by atoms with Crippen LogP contribution < -0.4 is 4.74 Å². The minimum Gasteiger partial charge on any atom is -0.497 e. The molecule has 25 heavy (non-hydrogen) atoms. The average Bonchev–Trinajstić information content (AvgIpc) is 2.61. The molecule has 1 fully saturated rings. The van der Waals surface area contributed by atoms with Gasteiger partial charge in [0, 0.05) is 12.2 Å². The number of amidine groups is 1. The van der Waals surface area contributed by atoms with Gasteiger partial charge in [0.1, 0.15) is 5.75 Å². The summed E-state index contributed by atoms with van der Waals surface area (Å²) in [7, 11) is 1.59. The summed E-state index contributed by atoms with van der Waals surface area (Å²) in [6, 6.07) is 6.84. The molecule has 132 valence electrons. The number of benzene rings is 1. The van der Waals surface area contributed by atoms with Gasteiger partial charge in [-0.15, -0.1) is 0 Å². The Bertz CT molecular complexity index is 772. The summed E-state index contributed by atoms with van der Waals surface area (Å²) in [6.07, 6.45) is 0.416. The van der Waals surface area contributed by atoms with Crippen molar-refractivity contribution in [2.75, 3.05) is 19.5 Å². The summed E-state index contributed by atoms with van der Waals surface area (Å²) in [6.45, 7) is 3.80. The fraction of sp³-hybridized carbons (Fsp3) is 0.389. The molecule has 0 radical (unpaired) electrons. The lowest BCUT2D eigenvalue weighted by molar-refractivity contribution is -0.139. The maximum Gasteiger partial charge on any atom is 0.338 e. The molecule has 0 bridgehead atoms. The molecule has 2 aliphatic rings. The molecule has 0 spiro atoms. The number of fused-ring (bicyclic) bond motifs is 1. The minimum absolute atomic E-state index is 0.0420. The molecule has 0 aromatic heterocycles. The summed E-state index contributed by atoms with van der Waals surface area (Å²) < 4.78 is 10.5. The predicted octanol–water partition coefficient (Wildman–Crippen LogP) is 2.91. The molecule has 3 rings (SSSR count). The van der Waals surface area contributed by atoms with Crippen molar-refractivity contribution in [1.82, 2.24) is 4.90 Å². The van der Waals surface area contributed by atoms with Crippen molar-refractivity contribution in [3.05, 3.63) is 41.1 Å². The third kappa shape index (κ3) is 3.28. The standard InChI is InChI=1S/C18H20N2O4S/c1-4-24-17(22)15-11(2)19-18-20(14(21)8-9-25-18)16(15)12-6-5-7-13(10-12)23-3/h5-7,10,16H,4,8-9H2,1-3H3. The third-order valence-electron chi connectivity index (χ3n) is 4.11. The maximum atomic E-state index is 12.6. The number of ether oxygens (including phenoxy) is 2. The molecule has 0 N–H and O–H groups in total. The zero-order valence-electron chi connectivity index (χ0n) is 14.4. The zero-order valence-corrected chi connectivity index (χ0v) is 15.3. The van der Waals surface area contributed by atoms with Crippen molar-refractivity contribution < 1.29 is 19.1 Å². The van der Waals surface area contributed by atoms with E-state index in [0.29, 0.717) is 34.4 Å². The summed E-state index contributed by atoms with van der Waals surface area (Å²) in [5, 5.41) is 0.634. The molecular weight excluding hydrogens is 340 g/mol. The topological polar surface area (TPSA) is 68.2 Å². The number of amides is 1. The number of aliphatic imine (C=N–C) groups is 1. The predicted molar refractivity (Wildman–Crippen MR) is 96.4 cm³/mol. The first-order chi connectivity index (χ1) is 12.1. The molecule has 1 unspecified atom stereocenters. The first-order valence-corrected chi connectivity index (χ1v) is 9.10. The highest BCUT2D eigenvalue weighted by Gasteiger charge is 2.41. The summed E-state index contributed by atoms with van der Waals surface area (Å²) >= 11 is 1.53. The van der Waals surface area contributed by atoms with Crippen LogP contribution in [0.15, 0.2) is 40.5 Å². The number of esters is 1. The number of hydrogen-bond acceptors (Lipinski definition) is 6. The van der Waals surface area contributed by atoms with Crippen LogP contribution in [0.4, 0.5) is 0 Å². The molecule has 2 heterocycles. The van der Waals surface area contributed by atoms with E-state index in [9.17, 15) is 9.59 Å². The fourth-order valence-corrected chi connectivity index (χ4v) is 4.00. The van der Waals surface area contributed by atoms with Gasteiger partial charge in [-0.05, 0) is 31.5 Å². The Morgan fingerprint density at radius 1 is 1.44 bits per heavy atom. The van der Waals surface area contributed by atoms with Crippen LogP contribution in [0.2, 0.25) is 0 Å². The zero-order chi connectivity index (χ0) is 18.0. The molecule has 1 atom stereocenters. The SMILES string of the molecule is CCOC(=O)C1=C(C)N=C2SCCC(=O)N2C1c1cccc(OC)c1. The van der Waals surface area contributed by atoms with Crippen LogP contribution in [0.1, 0.15) is 31.9 Å². The van der Waals surface area contributed by atoms with Gasteiger partial charge in [-0.3, -0.25) is 9.69 Å². The van der Waals surface area contributed by atoms with Crippen LogP contribution in [-0.2, 0) is 14.3 Å². The Balaban J connectivity index is 2.15. The maximum absolute atomic E-state index is 12.6. The lowest BCUT2D eigenvalue weighted by Gasteiger charge is -2.38. The van der Waals surface area contributed by atoms with Gasteiger partial charge in [0.25, 0.3) is 0 Å². The lowest BCUT2D eigenvalue weighted by Crippen LogP contribution is -2.45. The molecule has 0 saturated carbocycles. The van der Waals surface area contributed by atoms with E-state index in [-0.39, 0.29) is 12.5 Å². The second-order valence-electron chi connectivity index (χ2n) is 5.66. The van der Waals surface area contributed by atoms with Gasteiger partial charge in [-0.1, -0.05) is 23.9 Å². The highest BCUT2D eigenvalue weighted by Crippen LogP contribution is 2.40. The Kier molecular flexibility index (Phi) is 5.13. The van der Waals surface area contributed by atoms with E-state index >= 15 is 0 Å². The average molecular weight is 360 g/mol. The van der Waals surface area contributed by atoms with E-state index in [1.54, 1.807) is 25.9 Å². The Morgan fingerprint density at radius 3 is 2.96 bits per heavy atom. The number of nitrogens with zero attached hydrogens (tertiary/aromatic N) is 2. The second-order valence-corrected chi connectivity index (χ2v) is 6.72. The van der Waals surface area contributed by atoms with Crippen LogP contribution in [-0.4, -0.2) is 41.4 Å². The highest BCUT2D eigenvalue weighted by atomic mass is 32.2. The van der Waals surface area contributed by atoms with Crippen LogP contribution in [0.5, 0.6) is 5.75 Å². The van der Waals surface area contributed by atoms with Crippen LogP contribution in [0.25, 0.3) is 0 Å². The van der Waals surface area contributed by atoms with Crippen molar-refractivity contribution in [3.8, 4) is 5.75 Å². The molecule has 1 aromatic rings. The van der Waals surface area contributed by atoms with Gasteiger partial charge >= 0.3 is 5.97 Å². The lowest BCUT2D eigenvalue weighted by atomic mass is 9.94. The van der Waals surface area contributed by atoms with E-state index < -0.39 is 12.0 Å². The van der Waals surface area contributed by atoms with Crippen molar-refractivity contribution in [2.45, 2.75) is 26.3 Å². The van der Waals surface area contributed by atoms with Crippen molar-refractivity contribution in [1.29, 1.82) is 0 Å². The van der Waals surface area contributed by atoms with E-state index in [1.807, 2.05) is 24.3 Å². The molecule has 1 amide bonds. The summed E-state index contributed by atoms with van der Waals surface area (Å²) in [5.41, 5.74) is 1.78.